The van der Waals surface area contributed by atoms with Crippen molar-refractivity contribution in [1.29, 1.82) is 0 Å². The first-order valence-electron chi connectivity index (χ1n) is 12.6. The van der Waals surface area contributed by atoms with Crippen LogP contribution in [0.4, 0.5) is 5.69 Å². The number of benzene rings is 3. The smallest absolute Gasteiger partial charge is 0.294 e. The monoisotopic (exact) mass is 515 g/mol. The van der Waals surface area contributed by atoms with Gasteiger partial charge in [-0.25, -0.2) is 0 Å². The molecular weight excluding hydrogens is 490 g/mol. The van der Waals surface area contributed by atoms with Crippen LogP contribution in [0.5, 0.6) is 0 Å². The third-order valence-electron chi connectivity index (χ3n) is 6.76. The van der Waals surface area contributed by atoms with Gasteiger partial charge < -0.3 is 14.2 Å². The number of pyridine rings is 1. The molecule has 0 aliphatic heterocycles. The number of carbonyl (C=O) groups is 2. The summed E-state index contributed by atoms with van der Waals surface area (Å²) >= 11 is 0. The zero-order valence-electron chi connectivity index (χ0n) is 21.2. The summed E-state index contributed by atoms with van der Waals surface area (Å²) in [5, 5.41) is 4.98. The summed E-state index contributed by atoms with van der Waals surface area (Å²) in [6.07, 6.45) is 4.66. The maximum absolute atomic E-state index is 14.0. The van der Waals surface area contributed by atoms with Crippen LogP contribution < -0.4 is 10.2 Å². The van der Waals surface area contributed by atoms with Crippen molar-refractivity contribution in [2.24, 2.45) is 0 Å². The number of aromatic nitrogens is 1. The van der Waals surface area contributed by atoms with Gasteiger partial charge in [0.1, 0.15) is 17.2 Å². The van der Waals surface area contributed by atoms with Gasteiger partial charge in [0.15, 0.2) is 5.76 Å². The molecule has 192 valence electrons. The molecule has 0 aliphatic carbocycles. The molecular formula is C32H25N3O4. The number of carbonyl (C=O) groups excluding carboxylic acids is 2. The van der Waals surface area contributed by atoms with Gasteiger partial charge in [-0.15, -0.1) is 0 Å². The van der Waals surface area contributed by atoms with Crippen LogP contribution in [0, 0.1) is 0 Å². The molecule has 3 aromatic heterocycles. The molecule has 6 aromatic rings. The van der Waals surface area contributed by atoms with Gasteiger partial charge in [0, 0.05) is 40.5 Å². The van der Waals surface area contributed by atoms with E-state index < -0.39 is 11.9 Å². The number of para-hydroxylation sites is 1. The van der Waals surface area contributed by atoms with Crippen LogP contribution >= 0.6 is 0 Å². The van der Waals surface area contributed by atoms with Gasteiger partial charge >= 0.3 is 0 Å². The van der Waals surface area contributed by atoms with Crippen molar-refractivity contribution in [2.45, 2.75) is 19.0 Å². The molecule has 2 atom stereocenters. The SMILES string of the molecule is CC(NC(=O)C(c1cccnc1)N(C(=O)c1ccco1)c1ccc2c(c1)oc1ccccc12)c1ccccc1. The van der Waals surface area contributed by atoms with E-state index in [1.54, 1.807) is 42.7 Å². The maximum Gasteiger partial charge on any atom is 0.294 e. The second-order valence-electron chi connectivity index (χ2n) is 9.26. The zero-order valence-corrected chi connectivity index (χ0v) is 21.2. The second kappa shape index (κ2) is 10.3. The summed E-state index contributed by atoms with van der Waals surface area (Å²) in [6, 6.07) is 28.4. The van der Waals surface area contributed by atoms with Crippen molar-refractivity contribution < 1.29 is 18.4 Å². The number of nitrogens with zero attached hydrogens (tertiary/aromatic N) is 2. The predicted molar refractivity (Wildman–Crippen MR) is 149 cm³/mol. The first-order valence-corrected chi connectivity index (χ1v) is 12.6. The van der Waals surface area contributed by atoms with E-state index in [0.29, 0.717) is 16.8 Å². The van der Waals surface area contributed by atoms with Crippen molar-refractivity contribution in [2.75, 3.05) is 4.90 Å². The molecule has 1 N–H and O–H groups in total. The minimum absolute atomic E-state index is 0.109. The third kappa shape index (κ3) is 4.66. The number of hydrogen-bond donors (Lipinski definition) is 1. The fourth-order valence-corrected chi connectivity index (χ4v) is 4.84. The van der Waals surface area contributed by atoms with Crippen LogP contribution in [0.1, 0.15) is 40.7 Å². The van der Waals surface area contributed by atoms with E-state index in [-0.39, 0.29) is 17.7 Å². The van der Waals surface area contributed by atoms with Crippen molar-refractivity contribution in [1.82, 2.24) is 10.3 Å². The molecule has 3 heterocycles. The van der Waals surface area contributed by atoms with E-state index in [2.05, 4.69) is 10.3 Å². The Morgan fingerprint density at radius 2 is 1.59 bits per heavy atom. The van der Waals surface area contributed by atoms with E-state index >= 15 is 0 Å². The lowest BCUT2D eigenvalue weighted by Crippen LogP contribution is -2.44. The quantitative estimate of drug-likeness (QED) is 0.251. The molecule has 0 radical (unpaired) electrons. The van der Waals surface area contributed by atoms with Gasteiger partial charge in [0.25, 0.3) is 5.91 Å². The lowest BCUT2D eigenvalue weighted by atomic mass is 10.0. The minimum atomic E-state index is -1.04. The van der Waals surface area contributed by atoms with Crippen molar-refractivity contribution >= 4 is 39.4 Å². The maximum atomic E-state index is 14.0. The van der Waals surface area contributed by atoms with Gasteiger partial charge in [0.05, 0.1) is 12.3 Å². The highest BCUT2D eigenvalue weighted by Crippen LogP contribution is 2.35. The number of hydrogen-bond acceptors (Lipinski definition) is 5. The van der Waals surface area contributed by atoms with Crippen molar-refractivity contribution in [3.8, 4) is 0 Å². The van der Waals surface area contributed by atoms with Gasteiger partial charge in [-0.3, -0.25) is 19.5 Å². The van der Waals surface area contributed by atoms with E-state index in [0.717, 1.165) is 21.9 Å². The largest absolute Gasteiger partial charge is 0.459 e. The van der Waals surface area contributed by atoms with Crippen molar-refractivity contribution in [3.63, 3.8) is 0 Å². The minimum Gasteiger partial charge on any atom is -0.459 e. The molecule has 7 nitrogen and oxygen atoms in total. The number of fused-ring (bicyclic) bond motifs is 3. The fraction of sp³-hybridized carbons (Fsp3) is 0.0938. The molecule has 0 aliphatic rings. The van der Waals surface area contributed by atoms with Gasteiger partial charge in [-0.2, -0.15) is 0 Å². The molecule has 6 rings (SSSR count). The zero-order chi connectivity index (χ0) is 26.8. The Hall–Kier alpha value is -5.17. The molecule has 0 spiro atoms. The van der Waals surface area contributed by atoms with Crippen LogP contribution in [-0.2, 0) is 4.79 Å². The highest BCUT2D eigenvalue weighted by Gasteiger charge is 2.35. The lowest BCUT2D eigenvalue weighted by molar-refractivity contribution is -0.123. The normalized spacial score (nSPS) is 12.7. The molecule has 7 heteroatoms. The molecule has 2 unspecified atom stereocenters. The van der Waals surface area contributed by atoms with E-state index in [9.17, 15) is 9.59 Å². The molecule has 0 bridgehead atoms. The average Bonchev–Trinajstić information content (AvgIpc) is 3.64. The number of nitrogens with one attached hydrogen (secondary N) is 1. The average molecular weight is 516 g/mol. The predicted octanol–water partition coefficient (Wildman–Crippen LogP) is 6.84. The Bertz CT molecular complexity index is 1740. The van der Waals surface area contributed by atoms with E-state index in [4.69, 9.17) is 8.83 Å². The van der Waals surface area contributed by atoms with E-state index in [1.807, 2.05) is 73.7 Å². The van der Waals surface area contributed by atoms with Gasteiger partial charge in [-0.05, 0) is 48.9 Å². The Balaban J connectivity index is 1.48. The molecule has 3 aromatic carbocycles. The Kier molecular flexibility index (Phi) is 6.39. The first kappa shape index (κ1) is 24.2. The highest BCUT2D eigenvalue weighted by molar-refractivity contribution is 6.11. The summed E-state index contributed by atoms with van der Waals surface area (Å²) < 4.78 is 11.6. The lowest BCUT2D eigenvalue weighted by Gasteiger charge is -2.31. The topological polar surface area (TPSA) is 88.6 Å². The molecule has 39 heavy (non-hydrogen) atoms. The third-order valence-corrected chi connectivity index (χ3v) is 6.76. The Morgan fingerprint density at radius 1 is 0.821 bits per heavy atom. The summed E-state index contributed by atoms with van der Waals surface area (Å²) in [5.74, 6) is -0.715. The standard InChI is InChI=1S/C32H25N3O4/c1-21(22-9-3-2-4-10-22)34-31(36)30(23-11-7-17-33-20-23)35(32(37)28-14-8-18-38-28)24-15-16-26-25-12-5-6-13-27(25)39-29(26)19-24/h2-21,30H,1H3,(H,34,36). The summed E-state index contributed by atoms with van der Waals surface area (Å²) in [5.41, 5.74) is 3.34. The Labute approximate surface area is 224 Å². The van der Waals surface area contributed by atoms with Crippen LogP contribution in [0.25, 0.3) is 21.9 Å². The van der Waals surface area contributed by atoms with Gasteiger partial charge in [-0.1, -0.05) is 54.6 Å². The van der Waals surface area contributed by atoms with Crippen molar-refractivity contribution in [3.05, 3.63) is 133 Å². The summed E-state index contributed by atoms with van der Waals surface area (Å²) in [4.78, 5) is 33.7. The fourth-order valence-electron chi connectivity index (χ4n) is 4.84. The van der Waals surface area contributed by atoms with Crippen LogP contribution in [0.3, 0.4) is 0 Å². The van der Waals surface area contributed by atoms with Crippen LogP contribution in [-0.4, -0.2) is 16.8 Å². The second-order valence-corrected chi connectivity index (χ2v) is 9.26. The highest BCUT2D eigenvalue weighted by atomic mass is 16.3. The number of rotatable bonds is 7. The molecule has 0 saturated heterocycles. The number of furan rings is 2. The Morgan fingerprint density at radius 3 is 2.36 bits per heavy atom. The number of anilines is 1. The summed E-state index contributed by atoms with van der Waals surface area (Å²) in [7, 11) is 0. The van der Waals surface area contributed by atoms with Crippen LogP contribution in [0.15, 0.2) is 125 Å². The summed E-state index contributed by atoms with van der Waals surface area (Å²) in [6.45, 7) is 1.91. The first-order chi connectivity index (χ1) is 19.1. The van der Waals surface area contributed by atoms with Crippen LogP contribution in [0.2, 0.25) is 0 Å². The van der Waals surface area contributed by atoms with Gasteiger partial charge in [0.2, 0.25) is 5.91 Å². The molecule has 0 fully saturated rings. The molecule has 2 amide bonds. The molecule has 0 saturated carbocycles. The number of amides is 2. The van der Waals surface area contributed by atoms with E-state index in [1.165, 1.54) is 11.2 Å².